The van der Waals surface area contributed by atoms with Crippen LogP contribution in [0.4, 0.5) is 4.39 Å². The van der Waals surface area contributed by atoms with Gasteiger partial charge < -0.3 is 19.1 Å². The predicted octanol–water partition coefficient (Wildman–Crippen LogP) is 4.87. The van der Waals surface area contributed by atoms with Crippen molar-refractivity contribution in [3.8, 4) is 11.5 Å². The van der Waals surface area contributed by atoms with Gasteiger partial charge in [0.1, 0.15) is 12.4 Å². The highest BCUT2D eigenvalue weighted by Gasteiger charge is 2.25. The Morgan fingerprint density at radius 2 is 2.17 bits per heavy atom. The molecule has 0 unspecified atom stereocenters. The van der Waals surface area contributed by atoms with Crippen molar-refractivity contribution < 1.29 is 23.4 Å². The summed E-state index contributed by atoms with van der Waals surface area (Å²) in [6.45, 7) is 5.44. The zero-order valence-corrected chi connectivity index (χ0v) is 17.7. The first kappa shape index (κ1) is 22.1. The summed E-state index contributed by atoms with van der Waals surface area (Å²) in [7, 11) is 1.56. The molecule has 7 heteroatoms. The SMILES string of the molecule is C=CCOc1ccc(CN(C[C@@H]2CCCO2)C(=O)c2ccc(F)cc2Cl)cc1OC. The second kappa shape index (κ2) is 10.5. The number of carbonyl (C=O) groups is 1. The Morgan fingerprint density at radius 1 is 1.33 bits per heavy atom. The van der Waals surface area contributed by atoms with Gasteiger partial charge in [-0.2, -0.15) is 0 Å². The average Bonchev–Trinajstić information content (AvgIpc) is 3.25. The average molecular weight is 434 g/mol. The van der Waals surface area contributed by atoms with Gasteiger partial charge in [-0.15, -0.1) is 0 Å². The number of hydrogen-bond acceptors (Lipinski definition) is 4. The lowest BCUT2D eigenvalue weighted by molar-refractivity contribution is 0.0507. The van der Waals surface area contributed by atoms with Crippen molar-refractivity contribution in [3.05, 3.63) is 71.0 Å². The molecule has 160 valence electrons. The Bertz CT molecular complexity index is 899. The zero-order chi connectivity index (χ0) is 21.5. The highest BCUT2D eigenvalue weighted by molar-refractivity contribution is 6.33. The minimum atomic E-state index is -0.484. The first-order valence-electron chi connectivity index (χ1n) is 9.78. The number of rotatable bonds is 9. The number of hydrogen-bond donors (Lipinski definition) is 0. The van der Waals surface area contributed by atoms with Crippen LogP contribution in [0.1, 0.15) is 28.8 Å². The molecule has 1 saturated heterocycles. The van der Waals surface area contributed by atoms with Gasteiger partial charge in [0.2, 0.25) is 0 Å². The van der Waals surface area contributed by atoms with Gasteiger partial charge in [0, 0.05) is 19.7 Å². The molecule has 2 aromatic carbocycles. The Kier molecular flexibility index (Phi) is 7.71. The molecule has 0 aromatic heterocycles. The topological polar surface area (TPSA) is 48.0 Å². The number of ether oxygens (including phenoxy) is 3. The van der Waals surface area contributed by atoms with E-state index in [0.29, 0.717) is 37.8 Å². The van der Waals surface area contributed by atoms with Gasteiger partial charge in [-0.1, -0.05) is 30.3 Å². The van der Waals surface area contributed by atoms with E-state index in [9.17, 15) is 9.18 Å². The van der Waals surface area contributed by atoms with E-state index in [1.807, 2.05) is 12.1 Å². The number of benzene rings is 2. The zero-order valence-electron chi connectivity index (χ0n) is 16.9. The van der Waals surface area contributed by atoms with Gasteiger partial charge in [0.05, 0.1) is 23.8 Å². The number of methoxy groups -OCH3 is 1. The number of amides is 1. The van der Waals surface area contributed by atoms with Crippen molar-refractivity contribution in [2.24, 2.45) is 0 Å². The van der Waals surface area contributed by atoms with Crippen LogP contribution < -0.4 is 9.47 Å². The molecule has 0 spiro atoms. The van der Waals surface area contributed by atoms with E-state index in [0.717, 1.165) is 24.5 Å². The Balaban J connectivity index is 1.85. The molecule has 1 aliphatic heterocycles. The minimum absolute atomic E-state index is 0.0368. The lowest BCUT2D eigenvalue weighted by atomic mass is 10.1. The van der Waals surface area contributed by atoms with Crippen molar-refractivity contribution in [2.75, 3.05) is 26.9 Å². The fourth-order valence-corrected chi connectivity index (χ4v) is 3.63. The third kappa shape index (κ3) is 5.52. The number of nitrogens with zero attached hydrogens (tertiary/aromatic N) is 1. The van der Waals surface area contributed by atoms with Crippen molar-refractivity contribution in [3.63, 3.8) is 0 Å². The number of carbonyl (C=O) groups excluding carboxylic acids is 1. The molecule has 1 fully saturated rings. The molecule has 3 rings (SSSR count). The second-order valence-corrected chi connectivity index (χ2v) is 7.44. The van der Waals surface area contributed by atoms with Gasteiger partial charge in [0.25, 0.3) is 5.91 Å². The van der Waals surface area contributed by atoms with E-state index in [1.54, 1.807) is 24.2 Å². The maximum Gasteiger partial charge on any atom is 0.255 e. The van der Waals surface area contributed by atoms with Gasteiger partial charge in [-0.3, -0.25) is 4.79 Å². The molecule has 0 radical (unpaired) electrons. The summed E-state index contributed by atoms with van der Waals surface area (Å²) in [6.07, 6.45) is 3.47. The molecule has 1 aliphatic rings. The van der Waals surface area contributed by atoms with Crippen LogP contribution in [0, 0.1) is 5.82 Å². The van der Waals surface area contributed by atoms with Gasteiger partial charge in [-0.05, 0) is 48.7 Å². The molecule has 0 aliphatic carbocycles. The van der Waals surface area contributed by atoms with Crippen molar-refractivity contribution in [1.82, 2.24) is 4.90 Å². The third-order valence-electron chi connectivity index (χ3n) is 4.85. The van der Waals surface area contributed by atoms with Crippen molar-refractivity contribution >= 4 is 17.5 Å². The standard InChI is InChI=1S/C23H25ClFNO4/c1-3-10-30-21-9-6-16(12-22(21)28-2)14-26(15-18-5-4-11-29-18)23(27)19-8-7-17(25)13-20(19)24/h3,6-9,12-13,18H,1,4-5,10-11,14-15H2,2H3/t18-/m0/s1. The van der Waals surface area contributed by atoms with Crippen molar-refractivity contribution in [2.45, 2.75) is 25.5 Å². The van der Waals surface area contributed by atoms with Crippen LogP contribution in [0.25, 0.3) is 0 Å². The lowest BCUT2D eigenvalue weighted by Crippen LogP contribution is -2.37. The highest BCUT2D eigenvalue weighted by atomic mass is 35.5. The summed E-state index contributed by atoms with van der Waals surface area (Å²) in [5, 5.41) is 0.0862. The molecule has 2 aromatic rings. The van der Waals surface area contributed by atoms with E-state index in [1.165, 1.54) is 12.1 Å². The van der Waals surface area contributed by atoms with Crippen LogP contribution in [0.15, 0.2) is 49.1 Å². The van der Waals surface area contributed by atoms with Gasteiger partial charge in [-0.25, -0.2) is 4.39 Å². The summed E-state index contributed by atoms with van der Waals surface area (Å²) < 4.78 is 30.2. The van der Waals surface area contributed by atoms with E-state index < -0.39 is 5.82 Å². The van der Waals surface area contributed by atoms with Crippen LogP contribution in [0.3, 0.4) is 0 Å². The quantitative estimate of drug-likeness (QED) is 0.529. The van der Waals surface area contributed by atoms with Crippen LogP contribution in [-0.4, -0.2) is 43.8 Å². The normalized spacial score (nSPS) is 15.6. The molecule has 1 heterocycles. The molecule has 0 saturated carbocycles. The first-order valence-corrected chi connectivity index (χ1v) is 10.2. The fraction of sp³-hybridized carbons (Fsp3) is 0.348. The van der Waals surface area contributed by atoms with E-state index >= 15 is 0 Å². The summed E-state index contributed by atoms with van der Waals surface area (Å²) in [6, 6.07) is 9.31. The van der Waals surface area contributed by atoms with Gasteiger partial charge in [0.15, 0.2) is 11.5 Å². The minimum Gasteiger partial charge on any atom is -0.493 e. The molecule has 0 N–H and O–H groups in total. The summed E-state index contributed by atoms with van der Waals surface area (Å²) in [4.78, 5) is 14.9. The lowest BCUT2D eigenvalue weighted by Gasteiger charge is -2.26. The fourth-order valence-electron chi connectivity index (χ4n) is 3.39. The van der Waals surface area contributed by atoms with Gasteiger partial charge >= 0.3 is 0 Å². The van der Waals surface area contributed by atoms with Crippen LogP contribution >= 0.6 is 11.6 Å². The third-order valence-corrected chi connectivity index (χ3v) is 5.17. The van der Waals surface area contributed by atoms with Crippen molar-refractivity contribution in [1.29, 1.82) is 0 Å². The number of halogens is 2. The summed E-state index contributed by atoms with van der Waals surface area (Å²) in [5.74, 6) is 0.405. The summed E-state index contributed by atoms with van der Waals surface area (Å²) in [5.41, 5.74) is 1.12. The molecule has 1 atom stereocenters. The highest BCUT2D eigenvalue weighted by Crippen LogP contribution is 2.29. The molecule has 30 heavy (non-hydrogen) atoms. The molecular weight excluding hydrogens is 409 g/mol. The Labute approximate surface area is 181 Å². The smallest absolute Gasteiger partial charge is 0.255 e. The van der Waals surface area contributed by atoms with Crippen LogP contribution in [-0.2, 0) is 11.3 Å². The molecule has 0 bridgehead atoms. The Morgan fingerprint density at radius 3 is 2.83 bits per heavy atom. The largest absolute Gasteiger partial charge is 0.493 e. The van der Waals surface area contributed by atoms with Crippen LogP contribution in [0.2, 0.25) is 5.02 Å². The predicted molar refractivity (Wildman–Crippen MR) is 114 cm³/mol. The Hall–Kier alpha value is -2.57. The van der Waals surface area contributed by atoms with Crippen LogP contribution in [0.5, 0.6) is 11.5 Å². The molecule has 1 amide bonds. The van der Waals surface area contributed by atoms with E-state index in [4.69, 9.17) is 25.8 Å². The van der Waals surface area contributed by atoms with E-state index in [-0.39, 0.29) is 22.6 Å². The monoisotopic (exact) mass is 433 g/mol. The van der Waals surface area contributed by atoms with E-state index in [2.05, 4.69) is 6.58 Å². The summed E-state index contributed by atoms with van der Waals surface area (Å²) >= 11 is 6.14. The molecule has 5 nitrogen and oxygen atoms in total. The first-order chi connectivity index (χ1) is 14.5. The maximum atomic E-state index is 13.4. The molecular formula is C23H25ClFNO4. The second-order valence-electron chi connectivity index (χ2n) is 7.03. The maximum absolute atomic E-state index is 13.4.